The Morgan fingerprint density at radius 2 is 0.494 bits per heavy atom. The van der Waals surface area contributed by atoms with Crippen molar-refractivity contribution in [3.8, 4) is 0 Å². The molecule has 1 atom stereocenters. The lowest BCUT2D eigenvalue weighted by Crippen LogP contribution is -2.30. The Labute approximate surface area is 488 Å². The van der Waals surface area contributed by atoms with Gasteiger partial charge in [-0.1, -0.05) is 296 Å². The minimum Gasteiger partial charge on any atom is -0.462 e. The highest BCUT2D eigenvalue weighted by Crippen LogP contribution is 2.16. The van der Waals surface area contributed by atoms with Gasteiger partial charge >= 0.3 is 17.9 Å². The average molecular weight is 1100 g/mol. The van der Waals surface area contributed by atoms with Crippen molar-refractivity contribution in [3.05, 3.63) is 122 Å². The summed E-state index contributed by atoms with van der Waals surface area (Å²) in [5.74, 6) is -0.912. The molecule has 0 aromatic rings. The summed E-state index contributed by atoms with van der Waals surface area (Å²) in [6.45, 7) is 6.40. The molecule has 0 rings (SSSR count). The number of unbranched alkanes of at least 4 members (excludes halogenated alkanes) is 28. The van der Waals surface area contributed by atoms with Gasteiger partial charge in [-0.25, -0.2) is 0 Å². The molecule has 0 aromatic heterocycles. The molecular formula is C73H122O6. The molecule has 450 valence electrons. The number of hydrogen-bond acceptors (Lipinski definition) is 6. The number of allylic oxidation sites excluding steroid dienone is 20. The molecule has 79 heavy (non-hydrogen) atoms. The molecule has 0 aliphatic carbocycles. The lowest BCUT2D eigenvalue weighted by atomic mass is 10.0. The molecule has 0 amide bonds. The third kappa shape index (κ3) is 64.5. The van der Waals surface area contributed by atoms with Gasteiger partial charge in [-0.3, -0.25) is 14.4 Å². The Bertz CT molecular complexity index is 1640. The van der Waals surface area contributed by atoms with Crippen LogP contribution in [0.5, 0.6) is 0 Å². The van der Waals surface area contributed by atoms with E-state index >= 15 is 0 Å². The molecule has 0 aliphatic rings. The van der Waals surface area contributed by atoms with Crippen LogP contribution in [0.15, 0.2) is 122 Å². The molecule has 0 aliphatic heterocycles. The molecule has 0 saturated heterocycles. The van der Waals surface area contributed by atoms with E-state index < -0.39 is 6.10 Å². The number of esters is 3. The summed E-state index contributed by atoms with van der Waals surface area (Å²) in [5.41, 5.74) is 0. The number of carbonyl (C=O) groups is 3. The number of rotatable bonds is 59. The fourth-order valence-corrected chi connectivity index (χ4v) is 9.09. The molecule has 0 radical (unpaired) electrons. The quantitative estimate of drug-likeness (QED) is 0.0261. The number of hydrogen-bond donors (Lipinski definition) is 0. The van der Waals surface area contributed by atoms with E-state index in [1.54, 1.807) is 0 Å². The van der Waals surface area contributed by atoms with Gasteiger partial charge in [0.15, 0.2) is 6.10 Å². The van der Waals surface area contributed by atoms with Crippen LogP contribution in [0.2, 0.25) is 0 Å². The van der Waals surface area contributed by atoms with Gasteiger partial charge < -0.3 is 14.2 Å². The second-order valence-corrected chi connectivity index (χ2v) is 21.6. The minimum absolute atomic E-state index is 0.0877. The van der Waals surface area contributed by atoms with Crippen molar-refractivity contribution in [3.63, 3.8) is 0 Å². The van der Waals surface area contributed by atoms with Gasteiger partial charge in [0.25, 0.3) is 0 Å². The van der Waals surface area contributed by atoms with Gasteiger partial charge in [0.2, 0.25) is 0 Å². The van der Waals surface area contributed by atoms with Crippen LogP contribution in [0.25, 0.3) is 0 Å². The zero-order valence-electron chi connectivity index (χ0n) is 51.6. The molecule has 0 fully saturated rings. The first-order valence-corrected chi connectivity index (χ1v) is 33.0. The zero-order chi connectivity index (χ0) is 57.1. The lowest BCUT2D eigenvalue weighted by Gasteiger charge is -2.18. The first kappa shape index (κ1) is 74.8. The standard InChI is InChI=1S/C73H122O6/c1-4-7-10-13-16-19-22-25-26-27-28-29-30-31-32-33-34-35-36-37-38-39-40-41-42-43-44-45-46-49-51-54-57-60-63-66-72(75)78-69-70(79-73(76)67-64-61-58-55-52-48-24-21-18-15-12-9-6-3)68-77-71(74)65-62-59-56-53-50-47-23-20-17-14-11-8-5-2/h7,9-10,12,16,18-19,21,25-26,28-29,31-32,34-35,37-38,48,52,70H,4-6,8,11,13-15,17,20,22-24,27,30,33,36,39-47,49-51,53-69H2,1-3H3/b10-7-,12-9-,19-16-,21-18-,26-25-,29-28-,32-31-,35-34-,38-37-,52-48-. The van der Waals surface area contributed by atoms with E-state index in [1.807, 2.05) is 0 Å². The summed E-state index contributed by atoms with van der Waals surface area (Å²) >= 11 is 0. The van der Waals surface area contributed by atoms with Crippen molar-refractivity contribution in [1.29, 1.82) is 0 Å². The fraction of sp³-hybridized carbons (Fsp3) is 0.685. The average Bonchev–Trinajstić information content (AvgIpc) is 3.45. The van der Waals surface area contributed by atoms with Gasteiger partial charge in [0.1, 0.15) is 13.2 Å². The highest BCUT2D eigenvalue weighted by molar-refractivity contribution is 5.71. The highest BCUT2D eigenvalue weighted by atomic mass is 16.6. The second-order valence-electron chi connectivity index (χ2n) is 21.6. The zero-order valence-corrected chi connectivity index (χ0v) is 51.6. The SMILES string of the molecule is CC/C=C\C/C=C\C/C=C\C/C=C\C/C=C\C/C=C\C/C=C\CCCCCCCCCCCCCCCC(=O)OCC(COC(=O)CCCCCCCCCCCCCCC)OC(=O)CCCCC/C=C\C/C=C\C/C=C\CC. The van der Waals surface area contributed by atoms with Gasteiger partial charge in [0, 0.05) is 19.3 Å². The third-order valence-corrected chi connectivity index (χ3v) is 14.0. The Kier molecular flexibility index (Phi) is 62.8. The maximum Gasteiger partial charge on any atom is 0.306 e. The Balaban J connectivity index is 4.16. The van der Waals surface area contributed by atoms with E-state index in [9.17, 15) is 14.4 Å². The summed E-state index contributed by atoms with van der Waals surface area (Å²) < 4.78 is 16.9. The maximum atomic E-state index is 12.8. The van der Waals surface area contributed by atoms with Crippen LogP contribution in [0, 0.1) is 0 Å². The maximum absolute atomic E-state index is 12.8. The van der Waals surface area contributed by atoms with Crippen LogP contribution >= 0.6 is 0 Å². The van der Waals surface area contributed by atoms with E-state index in [2.05, 4.69) is 142 Å². The fourth-order valence-electron chi connectivity index (χ4n) is 9.09. The summed E-state index contributed by atoms with van der Waals surface area (Å²) in [5, 5.41) is 0. The van der Waals surface area contributed by atoms with Crippen LogP contribution in [0.3, 0.4) is 0 Å². The molecular weight excluding hydrogens is 973 g/mol. The number of carbonyl (C=O) groups excluding carboxylic acids is 3. The van der Waals surface area contributed by atoms with Crippen LogP contribution < -0.4 is 0 Å². The topological polar surface area (TPSA) is 78.9 Å². The smallest absolute Gasteiger partial charge is 0.306 e. The monoisotopic (exact) mass is 1090 g/mol. The van der Waals surface area contributed by atoms with E-state index in [-0.39, 0.29) is 31.1 Å². The minimum atomic E-state index is -0.793. The molecule has 1 unspecified atom stereocenters. The van der Waals surface area contributed by atoms with Crippen molar-refractivity contribution in [1.82, 2.24) is 0 Å². The second kappa shape index (κ2) is 66.3. The predicted molar refractivity (Wildman–Crippen MR) is 343 cm³/mol. The highest BCUT2D eigenvalue weighted by Gasteiger charge is 2.19. The molecule has 0 saturated carbocycles. The first-order chi connectivity index (χ1) is 39.0. The van der Waals surface area contributed by atoms with Crippen molar-refractivity contribution >= 4 is 17.9 Å². The van der Waals surface area contributed by atoms with Crippen molar-refractivity contribution in [2.24, 2.45) is 0 Å². The van der Waals surface area contributed by atoms with Crippen molar-refractivity contribution in [2.45, 2.75) is 309 Å². The molecule has 0 spiro atoms. The number of ether oxygens (including phenoxy) is 3. The van der Waals surface area contributed by atoms with Gasteiger partial charge in [-0.2, -0.15) is 0 Å². The van der Waals surface area contributed by atoms with Crippen LogP contribution in [0.1, 0.15) is 303 Å². The summed E-state index contributed by atoms with van der Waals surface area (Å²) in [7, 11) is 0. The van der Waals surface area contributed by atoms with Gasteiger partial charge in [0.05, 0.1) is 0 Å². The van der Waals surface area contributed by atoms with E-state index in [0.29, 0.717) is 19.3 Å². The normalized spacial score (nSPS) is 12.9. The molecule has 0 bridgehead atoms. The molecule has 0 aromatic carbocycles. The van der Waals surface area contributed by atoms with Crippen LogP contribution in [-0.2, 0) is 28.6 Å². The predicted octanol–water partition coefficient (Wildman–Crippen LogP) is 22.8. The molecule has 6 heteroatoms. The van der Waals surface area contributed by atoms with Gasteiger partial charge in [-0.05, 0) is 109 Å². The summed E-state index contributed by atoms with van der Waals surface area (Å²) in [4.78, 5) is 38.2. The largest absolute Gasteiger partial charge is 0.462 e. The van der Waals surface area contributed by atoms with Crippen LogP contribution in [-0.4, -0.2) is 37.2 Å². The Hall–Kier alpha value is -4.19. The van der Waals surface area contributed by atoms with E-state index in [1.165, 1.54) is 135 Å². The van der Waals surface area contributed by atoms with Crippen LogP contribution in [0.4, 0.5) is 0 Å². The molecule has 6 nitrogen and oxygen atoms in total. The van der Waals surface area contributed by atoms with E-state index in [0.717, 1.165) is 128 Å². The Morgan fingerprint density at radius 3 is 0.785 bits per heavy atom. The van der Waals surface area contributed by atoms with Gasteiger partial charge in [-0.15, -0.1) is 0 Å². The molecule has 0 N–H and O–H groups in total. The van der Waals surface area contributed by atoms with Crippen molar-refractivity contribution in [2.75, 3.05) is 13.2 Å². The first-order valence-electron chi connectivity index (χ1n) is 33.0. The third-order valence-electron chi connectivity index (χ3n) is 14.0. The molecule has 0 heterocycles. The Morgan fingerprint density at radius 1 is 0.266 bits per heavy atom. The van der Waals surface area contributed by atoms with Crippen molar-refractivity contribution < 1.29 is 28.6 Å². The summed E-state index contributed by atoms with van der Waals surface area (Å²) in [6, 6.07) is 0. The lowest BCUT2D eigenvalue weighted by molar-refractivity contribution is -0.167. The summed E-state index contributed by atoms with van der Waals surface area (Å²) in [6.07, 6.45) is 92.3. The van der Waals surface area contributed by atoms with E-state index in [4.69, 9.17) is 14.2 Å².